The highest BCUT2D eigenvalue weighted by Gasteiger charge is 2.30. The van der Waals surface area contributed by atoms with E-state index in [1.54, 1.807) is 53.6 Å². The first-order valence-electron chi connectivity index (χ1n) is 12.7. The summed E-state index contributed by atoms with van der Waals surface area (Å²) >= 11 is 0. The van der Waals surface area contributed by atoms with Crippen LogP contribution in [0.25, 0.3) is 10.9 Å². The fraction of sp³-hybridized carbons (Fsp3) is 0.393. The maximum absolute atomic E-state index is 13.1. The number of nitrogens with zero attached hydrogens (tertiary/aromatic N) is 3. The lowest BCUT2D eigenvalue weighted by atomic mass is 9.88. The molecule has 5 rings (SSSR count). The Kier molecular flexibility index (Phi) is 7.05. The standard InChI is InChI=1S/C28H31N3O4S/c32-27(23-6-2-1-3-7-23)30-16-18-31(19-17-30)28(33)24-13-11-21(12-14-24)20-36(34,35)25-10-4-8-22-9-5-15-29-26(22)25/h4-5,8-15,23H,1-3,6-7,16-20H2. The van der Waals surface area contributed by atoms with E-state index >= 15 is 0 Å². The monoisotopic (exact) mass is 505 g/mol. The van der Waals surface area contributed by atoms with Crippen molar-refractivity contribution in [3.8, 4) is 0 Å². The van der Waals surface area contributed by atoms with Gasteiger partial charge in [0, 0.05) is 49.2 Å². The van der Waals surface area contributed by atoms with Crippen LogP contribution < -0.4 is 0 Å². The van der Waals surface area contributed by atoms with Crippen LogP contribution in [0.4, 0.5) is 0 Å². The van der Waals surface area contributed by atoms with Gasteiger partial charge in [-0.25, -0.2) is 8.42 Å². The van der Waals surface area contributed by atoms with Gasteiger partial charge in [-0.3, -0.25) is 14.6 Å². The van der Waals surface area contributed by atoms with Crippen molar-refractivity contribution in [2.45, 2.75) is 42.8 Å². The van der Waals surface area contributed by atoms with Crippen LogP contribution in [-0.2, 0) is 20.4 Å². The van der Waals surface area contributed by atoms with Gasteiger partial charge in [-0.15, -0.1) is 0 Å². The van der Waals surface area contributed by atoms with Crippen LogP contribution in [0, 0.1) is 5.92 Å². The number of benzene rings is 2. The molecule has 1 aliphatic heterocycles. The molecule has 1 aromatic heterocycles. The summed E-state index contributed by atoms with van der Waals surface area (Å²) in [5.41, 5.74) is 1.60. The van der Waals surface area contributed by atoms with E-state index in [0.717, 1.165) is 31.1 Å². The zero-order chi connectivity index (χ0) is 25.1. The van der Waals surface area contributed by atoms with Gasteiger partial charge in [0.15, 0.2) is 9.84 Å². The summed E-state index contributed by atoms with van der Waals surface area (Å²) in [7, 11) is -3.61. The number of amides is 2. The van der Waals surface area contributed by atoms with Gasteiger partial charge in [0.1, 0.15) is 0 Å². The van der Waals surface area contributed by atoms with E-state index in [-0.39, 0.29) is 28.4 Å². The van der Waals surface area contributed by atoms with Gasteiger partial charge in [0.2, 0.25) is 5.91 Å². The molecular formula is C28H31N3O4S. The van der Waals surface area contributed by atoms with Crippen molar-refractivity contribution in [3.05, 3.63) is 71.9 Å². The molecule has 0 atom stereocenters. The number of aromatic nitrogens is 1. The molecule has 0 radical (unpaired) electrons. The predicted molar refractivity (Wildman–Crippen MR) is 138 cm³/mol. The Bertz CT molecular complexity index is 1350. The Hall–Kier alpha value is -3.26. The van der Waals surface area contributed by atoms with Crippen LogP contribution in [0.2, 0.25) is 0 Å². The molecule has 1 saturated carbocycles. The summed E-state index contributed by atoms with van der Waals surface area (Å²) in [5, 5.41) is 0.778. The second-order valence-corrected chi connectivity index (χ2v) is 11.7. The van der Waals surface area contributed by atoms with Gasteiger partial charge in [0.05, 0.1) is 16.2 Å². The Morgan fingerprint density at radius 3 is 2.22 bits per heavy atom. The average molecular weight is 506 g/mol. The molecule has 2 aromatic carbocycles. The maximum Gasteiger partial charge on any atom is 0.253 e. The number of hydrogen-bond donors (Lipinski definition) is 0. The molecule has 8 heteroatoms. The van der Waals surface area contributed by atoms with Crippen LogP contribution >= 0.6 is 0 Å². The van der Waals surface area contributed by atoms with E-state index in [9.17, 15) is 18.0 Å². The highest BCUT2D eigenvalue weighted by molar-refractivity contribution is 7.90. The summed E-state index contributed by atoms with van der Waals surface area (Å²) in [6.07, 6.45) is 7.04. The van der Waals surface area contributed by atoms with Gasteiger partial charge in [-0.1, -0.05) is 49.6 Å². The summed E-state index contributed by atoms with van der Waals surface area (Å²) in [5.74, 6) is 0.134. The van der Waals surface area contributed by atoms with E-state index in [1.165, 1.54) is 6.42 Å². The average Bonchev–Trinajstić information content (AvgIpc) is 2.93. The summed E-state index contributed by atoms with van der Waals surface area (Å²) in [4.78, 5) is 34.0. The molecule has 7 nitrogen and oxygen atoms in total. The number of carbonyl (C=O) groups is 2. The first-order chi connectivity index (χ1) is 17.4. The number of hydrogen-bond acceptors (Lipinski definition) is 5. The molecule has 3 aromatic rings. The van der Waals surface area contributed by atoms with Gasteiger partial charge in [-0.05, 0) is 42.7 Å². The molecule has 2 amide bonds. The summed E-state index contributed by atoms with van der Waals surface area (Å²) in [6, 6.07) is 15.5. The molecule has 1 saturated heterocycles. The molecule has 2 fully saturated rings. The first-order valence-corrected chi connectivity index (χ1v) is 14.3. The number of pyridine rings is 1. The molecule has 0 unspecified atom stereocenters. The lowest BCUT2D eigenvalue weighted by molar-refractivity contribution is -0.138. The molecule has 0 spiro atoms. The van der Waals surface area contributed by atoms with Crippen molar-refractivity contribution in [3.63, 3.8) is 0 Å². The SMILES string of the molecule is O=C(c1ccc(CS(=O)(=O)c2cccc3cccnc23)cc1)N1CCN(C(=O)C2CCCCC2)CC1. The molecule has 2 aliphatic rings. The lowest BCUT2D eigenvalue weighted by Crippen LogP contribution is -2.52. The second-order valence-electron chi connectivity index (χ2n) is 9.74. The van der Waals surface area contributed by atoms with E-state index < -0.39 is 9.84 Å². The number of sulfone groups is 1. The van der Waals surface area contributed by atoms with E-state index in [0.29, 0.717) is 42.8 Å². The van der Waals surface area contributed by atoms with Crippen LogP contribution in [-0.4, -0.2) is 61.2 Å². The Morgan fingerprint density at radius 2 is 1.50 bits per heavy atom. The summed E-state index contributed by atoms with van der Waals surface area (Å²) < 4.78 is 26.3. The number of rotatable bonds is 5. The van der Waals surface area contributed by atoms with Crippen LogP contribution in [0.15, 0.2) is 65.7 Å². The molecule has 0 N–H and O–H groups in total. The molecule has 36 heavy (non-hydrogen) atoms. The topological polar surface area (TPSA) is 87.6 Å². The quantitative estimate of drug-likeness (QED) is 0.522. The Morgan fingerprint density at radius 1 is 0.833 bits per heavy atom. The summed E-state index contributed by atoms with van der Waals surface area (Å²) in [6.45, 7) is 2.16. The lowest BCUT2D eigenvalue weighted by Gasteiger charge is -2.37. The number of fused-ring (bicyclic) bond motifs is 1. The third kappa shape index (κ3) is 5.14. The fourth-order valence-electron chi connectivity index (χ4n) is 5.29. The number of piperazine rings is 1. The molecule has 2 heterocycles. The molecule has 1 aliphatic carbocycles. The minimum Gasteiger partial charge on any atom is -0.339 e. The Labute approximate surface area is 212 Å². The van der Waals surface area contributed by atoms with Crippen molar-refractivity contribution >= 4 is 32.6 Å². The molecular weight excluding hydrogens is 474 g/mol. The third-order valence-corrected chi connectivity index (χ3v) is 9.03. The van der Waals surface area contributed by atoms with Crippen LogP contribution in [0.5, 0.6) is 0 Å². The normalized spacial score (nSPS) is 17.3. The van der Waals surface area contributed by atoms with Crippen LogP contribution in [0.1, 0.15) is 48.0 Å². The third-order valence-electron chi connectivity index (χ3n) is 7.32. The first kappa shape index (κ1) is 24.4. The number of para-hydroxylation sites is 1. The van der Waals surface area contributed by atoms with Crippen LogP contribution in [0.3, 0.4) is 0 Å². The van der Waals surface area contributed by atoms with E-state index in [4.69, 9.17) is 0 Å². The van der Waals surface area contributed by atoms with Crippen molar-refractivity contribution < 1.29 is 18.0 Å². The van der Waals surface area contributed by atoms with Crippen molar-refractivity contribution in [2.24, 2.45) is 5.92 Å². The second kappa shape index (κ2) is 10.4. The van der Waals surface area contributed by atoms with Crippen molar-refractivity contribution in [1.29, 1.82) is 0 Å². The minimum absolute atomic E-state index is 0.0903. The highest BCUT2D eigenvalue weighted by atomic mass is 32.2. The largest absolute Gasteiger partial charge is 0.339 e. The molecule has 0 bridgehead atoms. The smallest absolute Gasteiger partial charge is 0.253 e. The minimum atomic E-state index is -3.61. The maximum atomic E-state index is 13.1. The predicted octanol–water partition coefficient (Wildman–Crippen LogP) is 4.07. The van der Waals surface area contributed by atoms with Gasteiger partial charge < -0.3 is 9.80 Å². The van der Waals surface area contributed by atoms with Gasteiger partial charge in [0.25, 0.3) is 5.91 Å². The fourth-order valence-corrected chi connectivity index (χ4v) is 6.83. The molecule has 188 valence electrons. The van der Waals surface area contributed by atoms with Crippen molar-refractivity contribution in [2.75, 3.05) is 26.2 Å². The number of carbonyl (C=O) groups excluding carboxylic acids is 2. The zero-order valence-corrected chi connectivity index (χ0v) is 21.1. The zero-order valence-electron chi connectivity index (χ0n) is 20.3. The van der Waals surface area contributed by atoms with Crippen molar-refractivity contribution in [1.82, 2.24) is 14.8 Å². The van der Waals surface area contributed by atoms with Gasteiger partial charge in [-0.2, -0.15) is 0 Å². The Balaban J connectivity index is 1.21. The van der Waals surface area contributed by atoms with E-state index in [1.807, 2.05) is 17.0 Å². The van der Waals surface area contributed by atoms with E-state index in [2.05, 4.69) is 4.98 Å². The van der Waals surface area contributed by atoms with Gasteiger partial charge >= 0.3 is 0 Å². The highest BCUT2D eigenvalue weighted by Crippen LogP contribution is 2.27.